The minimum absolute atomic E-state index is 0.178. The number of carbonyl (C=O) groups is 1. The van der Waals surface area contributed by atoms with Crippen LogP contribution in [0.5, 0.6) is 5.75 Å². The van der Waals surface area contributed by atoms with Gasteiger partial charge in [-0.25, -0.2) is 13.2 Å². The zero-order valence-electron chi connectivity index (χ0n) is 23.4. The lowest BCUT2D eigenvalue weighted by atomic mass is 10.1. The molecule has 0 aliphatic carbocycles. The fraction of sp³-hybridized carbons (Fsp3) is 0.258. The highest BCUT2D eigenvalue weighted by molar-refractivity contribution is 7.85. The first kappa shape index (κ1) is 32.6. The van der Waals surface area contributed by atoms with E-state index >= 15 is 0 Å². The molecule has 3 aromatic carbocycles. The second-order valence-electron chi connectivity index (χ2n) is 10.00. The SMILES string of the molecule is CC(C)(C)OC(=O)NCCc1ccc([I+]c2cccs2)c(OCc2ccccc2)c1.Cc1ccc(S(=O)(=O)[O-])cc1. The van der Waals surface area contributed by atoms with Crippen molar-refractivity contribution in [2.45, 2.75) is 51.2 Å². The van der Waals surface area contributed by atoms with Crippen LogP contribution >= 0.6 is 11.3 Å². The monoisotopic (exact) mass is 707 g/mol. The molecule has 0 radical (unpaired) electrons. The second-order valence-corrected chi connectivity index (χ2v) is 15.9. The highest BCUT2D eigenvalue weighted by atomic mass is 127. The largest absolute Gasteiger partial charge is 0.744 e. The third-order valence-corrected chi connectivity index (χ3v) is 10.5. The topological polar surface area (TPSA) is 105 Å². The summed E-state index contributed by atoms with van der Waals surface area (Å²) in [7, 11) is -4.27. The van der Waals surface area contributed by atoms with Crippen LogP contribution in [-0.4, -0.2) is 31.2 Å². The van der Waals surface area contributed by atoms with Crippen molar-refractivity contribution < 1.29 is 48.4 Å². The zero-order valence-corrected chi connectivity index (χ0v) is 27.2. The van der Waals surface area contributed by atoms with E-state index in [1.54, 1.807) is 23.5 Å². The molecule has 0 fully saturated rings. The Morgan fingerprint density at radius 1 is 0.951 bits per heavy atom. The van der Waals surface area contributed by atoms with Crippen molar-refractivity contribution in [1.29, 1.82) is 0 Å². The Morgan fingerprint density at radius 3 is 2.27 bits per heavy atom. The lowest BCUT2D eigenvalue weighted by Gasteiger charge is -2.19. The molecular weight excluding hydrogens is 673 g/mol. The van der Waals surface area contributed by atoms with Crippen LogP contribution in [0, 0.1) is 13.4 Å². The van der Waals surface area contributed by atoms with E-state index in [4.69, 9.17) is 9.47 Å². The molecule has 1 heterocycles. The van der Waals surface area contributed by atoms with E-state index in [9.17, 15) is 17.8 Å². The number of alkyl carbamates (subject to hydrolysis) is 1. The van der Waals surface area contributed by atoms with E-state index in [1.165, 1.54) is 18.6 Å². The number of benzene rings is 3. The number of hydrogen-bond donors (Lipinski definition) is 1. The summed E-state index contributed by atoms with van der Waals surface area (Å²) >= 11 is 1.51. The summed E-state index contributed by atoms with van der Waals surface area (Å²) in [5.74, 6) is 0.940. The van der Waals surface area contributed by atoms with E-state index in [0.717, 1.165) is 28.9 Å². The van der Waals surface area contributed by atoms with Crippen LogP contribution in [0.15, 0.2) is 95.2 Å². The van der Waals surface area contributed by atoms with Gasteiger partial charge in [-0.3, -0.25) is 0 Å². The smallest absolute Gasteiger partial charge is 0.407 e. The van der Waals surface area contributed by atoms with Crippen molar-refractivity contribution in [3.05, 3.63) is 113 Å². The maximum Gasteiger partial charge on any atom is 0.407 e. The van der Waals surface area contributed by atoms with Crippen molar-refractivity contribution in [3.63, 3.8) is 0 Å². The van der Waals surface area contributed by atoms with Crippen LogP contribution in [0.1, 0.15) is 37.5 Å². The third kappa shape index (κ3) is 12.2. The van der Waals surface area contributed by atoms with Gasteiger partial charge in [0.05, 0.1) is 4.90 Å². The molecule has 0 bridgehead atoms. The molecule has 0 spiro atoms. The van der Waals surface area contributed by atoms with Crippen molar-refractivity contribution in [2.75, 3.05) is 6.54 Å². The van der Waals surface area contributed by atoms with E-state index in [-0.39, 0.29) is 32.2 Å². The molecule has 0 aliphatic heterocycles. The molecule has 7 nitrogen and oxygen atoms in total. The fourth-order valence-electron chi connectivity index (χ4n) is 3.37. The summed E-state index contributed by atoms with van der Waals surface area (Å²) < 4.78 is 45.4. The fourth-order valence-corrected chi connectivity index (χ4v) is 7.60. The molecular formula is C31H34INO6S2. The molecule has 10 heteroatoms. The number of ether oxygens (including phenoxy) is 2. The van der Waals surface area contributed by atoms with Gasteiger partial charge in [0.1, 0.15) is 22.3 Å². The molecule has 0 unspecified atom stereocenters. The maximum absolute atomic E-state index is 11.9. The molecule has 218 valence electrons. The molecule has 1 amide bonds. The third-order valence-electron chi connectivity index (χ3n) is 5.31. The van der Waals surface area contributed by atoms with Crippen LogP contribution in [0.2, 0.25) is 0 Å². The van der Waals surface area contributed by atoms with Gasteiger partial charge in [-0.05, 0) is 81.0 Å². The Bertz CT molecular complexity index is 1480. The number of hydrogen-bond acceptors (Lipinski definition) is 7. The van der Waals surface area contributed by atoms with Gasteiger partial charge in [0, 0.05) is 12.6 Å². The average molecular weight is 708 g/mol. The van der Waals surface area contributed by atoms with Gasteiger partial charge in [0.25, 0.3) is 0 Å². The number of thiophene rings is 1. The average Bonchev–Trinajstić information content (AvgIpc) is 3.41. The first-order valence-electron chi connectivity index (χ1n) is 12.9. The van der Waals surface area contributed by atoms with E-state index in [1.807, 2.05) is 45.9 Å². The lowest BCUT2D eigenvalue weighted by molar-refractivity contribution is -0.592. The Hall–Kier alpha value is -2.93. The van der Waals surface area contributed by atoms with Crippen LogP contribution < -0.4 is 31.3 Å². The highest BCUT2D eigenvalue weighted by Crippen LogP contribution is 2.17. The van der Waals surface area contributed by atoms with Gasteiger partial charge >= 0.3 is 27.3 Å². The quantitative estimate of drug-likeness (QED) is 0.211. The minimum atomic E-state index is -4.27. The number of rotatable bonds is 9. The Morgan fingerprint density at radius 2 is 1.66 bits per heavy atom. The lowest BCUT2D eigenvalue weighted by Crippen LogP contribution is -3.61. The molecule has 0 saturated carbocycles. The molecule has 1 N–H and O–H groups in total. The van der Waals surface area contributed by atoms with Crippen molar-refractivity contribution in [2.24, 2.45) is 0 Å². The van der Waals surface area contributed by atoms with E-state index in [0.29, 0.717) is 13.2 Å². The summed E-state index contributed by atoms with van der Waals surface area (Å²) in [6.07, 6.45) is 0.335. The Balaban J connectivity index is 0.000000352. The van der Waals surface area contributed by atoms with E-state index < -0.39 is 15.7 Å². The summed E-state index contributed by atoms with van der Waals surface area (Å²) in [6, 6.07) is 26.7. The summed E-state index contributed by atoms with van der Waals surface area (Å²) in [4.78, 5) is 11.7. The molecule has 4 rings (SSSR count). The minimum Gasteiger partial charge on any atom is -0.744 e. The standard InChI is InChI=1S/C24H26INO3S.C7H8O3S/c1-24(2,3)29-23(27)26-14-13-18-11-12-20(25-22-10-7-15-30-22)21(16-18)28-17-19-8-5-4-6-9-19;1-6-2-4-7(5-3-6)11(8,9)10/h4-12,15-16H,13-14,17H2,1-3H3;2-5H,1H3,(H,8,9,10). The van der Waals surface area contributed by atoms with Crippen molar-refractivity contribution in [3.8, 4) is 5.75 Å². The molecule has 4 aromatic rings. The molecule has 0 saturated heterocycles. The van der Waals surface area contributed by atoms with Crippen molar-refractivity contribution >= 4 is 27.5 Å². The van der Waals surface area contributed by atoms with Crippen LogP contribution in [0.4, 0.5) is 4.79 Å². The van der Waals surface area contributed by atoms with Gasteiger partial charge in [0.15, 0.2) is 5.75 Å². The van der Waals surface area contributed by atoms with Gasteiger partial charge in [-0.2, -0.15) is 0 Å². The van der Waals surface area contributed by atoms with Crippen molar-refractivity contribution in [1.82, 2.24) is 5.32 Å². The molecule has 0 aliphatic rings. The number of amides is 1. The first-order valence-corrected chi connectivity index (χ1v) is 17.3. The maximum atomic E-state index is 11.9. The Labute approximate surface area is 256 Å². The normalized spacial score (nSPS) is 11.2. The molecule has 0 atom stereocenters. The van der Waals surface area contributed by atoms with Crippen LogP contribution in [-0.2, 0) is 27.9 Å². The van der Waals surface area contributed by atoms with Gasteiger partial charge < -0.3 is 19.3 Å². The van der Waals surface area contributed by atoms with Crippen LogP contribution in [0.25, 0.3) is 0 Å². The Kier molecular flexibility index (Phi) is 12.2. The zero-order chi connectivity index (χ0) is 29.9. The number of nitrogens with one attached hydrogen (secondary N) is 1. The number of carbonyl (C=O) groups excluding carboxylic acids is 1. The molecule has 1 aromatic heterocycles. The highest BCUT2D eigenvalue weighted by Gasteiger charge is 2.23. The molecule has 41 heavy (non-hydrogen) atoms. The first-order chi connectivity index (χ1) is 19.4. The summed E-state index contributed by atoms with van der Waals surface area (Å²) in [6.45, 7) is 8.46. The van der Waals surface area contributed by atoms with E-state index in [2.05, 4.69) is 53.2 Å². The number of halogens is 1. The van der Waals surface area contributed by atoms with Gasteiger partial charge in [-0.15, -0.1) is 0 Å². The predicted octanol–water partition coefficient (Wildman–Crippen LogP) is 3.42. The van der Waals surface area contributed by atoms with Crippen LogP contribution in [0.3, 0.4) is 0 Å². The number of aryl methyl sites for hydroxylation is 1. The summed E-state index contributed by atoms with van der Waals surface area (Å²) in [5, 5.41) is 4.94. The predicted molar refractivity (Wildman–Crippen MR) is 156 cm³/mol. The summed E-state index contributed by atoms with van der Waals surface area (Å²) in [5.41, 5.74) is 2.72. The van der Waals surface area contributed by atoms with Gasteiger partial charge in [-0.1, -0.05) is 65.4 Å². The second kappa shape index (κ2) is 15.3. The van der Waals surface area contributed by atoms with Gasteiger partial charge in [0.2, 0.25) is 6.45 Å².